The molecule has 0 spiro atoms. The molecule has 1 heterocycles. The first-order valence-electron chi connectivity index (χ1n) is 5.07. The molecule has 0 fully saturated rings. The van der Waals surface area contributed by atoms with E-state index in [4.69, 9.17) is 5.53 Å². The summed E-state index contributed by atoms with van der Waals surface area (Å²) in [6.45, 7) is 1.19. The maximum atomic E-state index is 13.4. The van der Waals surface area contributed by atoms with Crippen LogP contribution in [-0.2, 0) is 6.54 Å². The highest BCUT2D eigenvalue weighted by Gasteiger charge is 2.03. The molecule has 82 valence electrons. The maximum Gasteiger partial charge on any atom is 0.132 e. The quantitative estimate of drug-likeness (QED) is 0.326. The zero-order valence-corrected chi connectivity index (χ0v) is 8.67. The Morgan fingerprint density at radius 2 is 2.25 bits per heavy atom. The van der Waals surface area contributed by atoms with Gasteiger partial charge in [0.2, 0.25) is 0 Å². The molecule has 1 aromatic carbocycles. The molecular formula is C11H11FN4. The molecule has 0 atom stereocenters. The molecule has 5 heteroatoms. The average molecular weight is 218 g/mol. The Bertz CT molecular complexity index is 540. The van der Waals surface area contributed by atoms with Gasteiger partial charge in [0.1, 0.15) is 5.82 Å². The van der Waals surface area contributed by atoms with Gasteiger partial charge in [-0.15, -0.1) is 0 Å². The van der Waals surface area contributed by atoms with E-state index in [1.165, 1.54) is 6.07 Å². The smallest absolute Gasteiger partial charge is 0.132 e. The molecule has 2 aromatic rings. The molecule has 0 amide bonds. The van der Waals surface area contributed by atoms with E-state index in [1.54, 1.807) is 12.1 Å². The van der Waals surface area contributed by atoms with E-state index in [9.17, 15) is 4.39 Å². The number of benzene rings is 1. The number of halogens is 1. The fourth-order valence-electron chi connectivity index (χ4n) is 1.74. The van der Waals surface area contributed by atoms with Gasteiger partial charge in [-0.3, -0.25) is 0 Å². The highest BCUT2D eigenvalue weighted by molar-refractivity contribution is 5.80. The summed E-state index contributed by atoms with van der Waals surface area (Å²) in [7, 11) is 0. The van der Waals surface area contributed by atoms with Crippen molar-refractivity contribution >= 4 is 10.9 Å². The zero-order valence-electron chi connectivity index (χ0n) is 8.67. The SMILES string of the molecule is [N-]=[N+]=NCCCn1ccc2c(F)cccc21. The average Bonchev–Trinajstić information content (AvgIpc) is 2.70. The molecule has 0 saturated carbocycles. The second kappa shape index (κ2) is 4.68. The second-order valence-electron chi connectivity index (χ2n) is 3.49. The van der Waals surface area contributed by atoms with Crippen molar-refractivity contribution in [3.8, 4) is 0 Å². The first-order chi connectivity index (χ1) is 7.83. The van der Waals surface area contributed by atoms with Crippen LogP contribution in [0.4, 0.5) is 4.39 Å². The Balaban J connectivity index is 2.19. The summed E-state index contributed by atoms with van der Waals surface area (Å²) in [6.07, 6.45) is 2.61. The van der Waals surface area contributed by atoms with Crippen molar-refractivity contribution in [3.63, 3.8) is 0 Å². The van der Waals surface area contributed by atoms with Crippen LogP contribution >= 0.6 is 0 Å². The minimum Gasteiger partial charge on any atom is -0.347 e. The summed E-state index contributed by atoms with van der Waals surface area (Å²) in [6, 6.07) is 6.79. The molecular weight excluding hydrogens is 207 g/mol. The van der Waals surface area contributed by atoms with Crippen molar-refractivity contribution in [2.24, 2.45) is 5.11 Å². The summed E-state index contributed by atoms with van der Waals surface area (Å²) < 4.78 is 15.3. The van der Waals surface area contributed by atoms with Crippen molar-refractivity contribution in [2.75, 3.05) is 6.54 Å². The molecule has 0 N–H and O–H groups in total. The molecule has 4 nitrogen and oxygen atoms in total. The first-order valence-corrected chi connectivity index (χ1v) is 5.07. The Kier molecular flexibility index (Phi) is 3.08. The predicted octanol–water partition coefficient (Wildman–Crippen LogP) is 3.48. The van der Waals surface area contributed by atoms with Gasteiger partial charge in [-0.05, 0) is 30.2 Å². The van der Waals surface area contributed by atoms with Crippen LogP contribution in [0.25, 0.3) is 21.3 Å². The molecule has 16 heavy (non-hydrogen) atoms. The topological polar surface area (TPSA) is 53.7 Å². The third-order valence-electron chi connectivity index (χ3n) is 2.48. The largest absolute Gasteiger partial charge is 0.347 e. The number of fused-ring (bicyclic) bond motifs is 1. The van der Waals surface area contributed by atoms with E-state index < -0.39 is 0 Å². The van der Waals surface area contributed by atoms with Crippen molar-refractivity contribution in [1.29, 1.82) is 0 Å². The van der Waals surface area contributed by atoms with Crippen LogP contribution in [0.5, 0.6) is 0 Å². The maximum absolute atomic E-state index is 13.4. The van der Waals surface area contributed by atoms with Crippen LogP contribution in [-0.4, -0.2) is 11.1 Å². The third kappa shape index (κ3) is 1.99. The first kappa shape index (κ1) is 10.5. The lowest BCUT2D eigenvalue weighted by Gasteiger charge is -2.03. The predicted molar refractivity (Wildman–Crippen MR) is 60.5 cm³/mol. The number of nitrogens with zero attached hydrogens (tertiary/aromatic N) is 4. The molecule has 2 rings (SSSR count). The van der Waals surface area contributed by atoms with Gasteiger partial charge in [0, 0.05) is 29.6 Å². The lowest BCUT2D eigenvalue weighted by molar-refractivity contribution is 0.638. The Morgan fingerprint density at radius 1 is 1.38 bits per heavy atom. The number of aryl methyl sites for hydroxylation is 1. The van der Waals surface area contributed by atoms with Gasteiger partial charge in [0.05, 0.1) is 5.52 Å². The minimum absolute atomic E-state index is 0.203. The summed E-state index contributed by atoms with van der Waals surface area (Å²) in [5, 5.41) is 4.09. The van der Waals surface area contributed by atoms with Gasteiger partial charge in [-0.25, -0.2) is 4.39 Å². The summed E-state index contributed by atoms with van der Waals surface area (Å²) in [5.41, 5.74) is 9.01. The highest BCUT2D eigenvalue weighted by Crippen LogP contribution is 2.19. The van der Waals surface area contributed by atoms with Crippen LogP contribution in [0, 0.1) is 5.82 Å². The zero-order chi connectivity index (χ0) is 11.4. The molecule has 0 unspecified atom stereocenters. The molecule has 1 aromatic heterocycles. The lowest BCUT2D eigenvalue weighted by Crippen LogP contribution is -1.97. The summed E-state index contributed by atoms with van der Waals surface area (Å²) in [5.74, 6) is -0.203. The summed E-state index contributed by atoms with van der Waals surface area (Å²) >= 11 is 0. The van der Waals surface area contributed by atoms with Gasteiger partial charge >= 0.3 is 0 Å². The van der Waals surface area contributed by atoms with E-state index in [2.05, 4.69) is 10.0 Å². The fourth-order valence-corrected chi connectivity index (χ4v) is 1.74. The molecule has 0 radical (unpaired) electrons. The highest BCUT2D eigenvalue weighted by atomic mass is 19.1. The molecule has 0 aliphatic carbocycles. The van der Waals surface area contributed by atoms with E-state index in [0.717, 1.165) is 18.5 Å². The van der Waals surface area contributed by atoms with Gasteiger partial charge in [0.15, 0.2) is 0 Å². The van der Waals surface area contributed by atoms with Crippen LogP contribution < -0.4 is 0 Å². The Labute approximate surface area is 91.9 Å². The van der Waals surface area contributed by atoms with E-state index in [0.29, 0.717) is 11.9 Å². The number of aromatic nitrogens is 1. The molecule has 0 aliphatic heterocycles. The lowest BCUT2D eigenvalue weighted by atomic mass is 10.2. The van der Waals surface area contributed by atoms with Crippen LogP contribution in [0.2, 0.25) is 0 Å². The van der Waals surface area contributed by atoms with E-state index >= 15 is 0 Å². The monoisotopic (exact) mass is 218 g/mol. The standard InChI is InChI=1S/C11H11FN4/c12-10-3-1-4-11-9(10)5-8-16(11)7-2-6-14-15-13/h1,3-5,8H,2,6-7H2. The van der Waals surface area contributed by atoms with Crippen molar-refractivity contribution in [1.82, 2.24) is 4.57 Å². The number of azide groups is 1. The van der Waals surface area contributed by atoms with Gasteiger partial charge < -0.3 is 4.57 Å². The van der Waals surface area contributed by atoms with Crippen molar-refractivity contribution < 1.29 is 4.39 Å². The number of rotatable bonds is 4. The Hall–Kier alpha value is -2.00. The van der Waals surface area contributed by atoms with Crippen molar-refractivity contribution in [2.45, 2.75) is 13.0 Å². The Morgan fingerprint density at radius 3 is 3.06 bits per heavy atom. The second-order valence-corrected chi connectivity index (χ2v) is 3.49. The number of hydrogen-bond acceptors (Lipinski definition) is 1. The fraction of sp³-hybridized carbons (Fsp3) is 0.273. The third-order valence-corrected chi connectivity index (χ3v) is 2.48. The molecule has 0 aliphatic rings. The van der Waals surface area contributed by atoms with Gasteiger partial charge in [0.25, 0.3) is 0 Å². The van der Waals surface area contributed by atoms with Crippen molar-refractivity contribution in [3.05, 3.63) is 46.7 Å². The van der Waals surface area contributed by atoms with Crippen LogP contribution in [0.3, 0.4) is 0 Å². The normalized spacial score (nSPS) is 10.3. The molecule has 0 saturated heterocycles. The van der Waals surface area contributed by atoms with E-state index in [1.807, 2.05) is 16.8 Å². The van der Waals surface area contributed by atoms with Crippen LogP contribution in [0.1, 0.15) is 6.42 Å². The minimum atomic E-state index is -0.203. The van der Waals surface area contributed by atoms with Gasteiger partial charge in [-0.2, -0.15) is 0 Å². The van der Waals surface area contributed by atoms with Gasteiger partial charge in [-0.1, -0.05) is 11.2 Å². The van der Waals surface area contributed by atoms with E-state index in [-0.39, 0.29) is 5.82 Å². The van der Waals surface area contributed by atoms with Crippen LogP contribution in [0.15, 0.2) is 35.6 Å². The molecule has 0 bridgehead atoms. The number of hydrogen-bond donors (Lipinski definition) is 0. The summed E-state index contributed by atoms with van der Waals surface area (Å²) in [4.78, 5) is 2.69.